The summed E-state index contributed by atoms with van der Waals surface area (Å²) in [5.41, 5.74) is 1.11. The Kier molecular flexibility index (Phi) is 4.91. The van der Waals surface area contributed by atoms with E-state index in [1.54, 1.807) is 18.2 Å². The van der Waals surface area contributed by atoms with Gasteiger partial charge in [0, 0.05) is 11.2 Å². The molecule has 1 aromatic carbocycles. The maximum absolute atomic E-state index is 13.0. The molecule has 2 aromatic rings. The van der Waals surface area contributed by atoms with Gasteiger partial charge in [0.1, 0.15) is 11.5 Å². The molecule has 1 amide bonds. The van der Waals surface area contributed by atoms with Crippen LogP contribution in [0.5, 0.6) is 0 Å². The fourth-order valence-corrected chi connectivity index (χ4v) is 2.21. The summed E-state index contributed by atoms with van der Waals surface area (Å²) in [4.78, 5) is 16.2. The molecule has 0 spiro atoms. The summed E-state index contributed by atoms with van der Waals surface area (Å²) in [7, 11) is 0. The molecule has 110 valence electrons. The van der Waals surface area contributed by atoms with Gasteiger partial charge >= 0.3 is 0 Å². The second kappa shape index (κ2) is 6.68. The number of carbonyl (C=O) groups is 1. The van der Waals surface area contributed by atoms with Gasteiger partial charge < -0.3 is 5.32 Å². The highest BCUT2D eigenvalue weighted by atomic mass is 35.5. The minimum absolute atomic E-state index is 0.151. The third kappa shape index (κ3) is 4.02. The van der Waals surface area contributed by atoms with Gasteiger partial charge in [0.15, 0.2) is 0 Å². The Bertz CT molecular complexity index is 628. The van der Waals surface area contributed by atoms with Gasteiger partial charge in [0.05, 0.1) is 6.04 Å². The number of halogens is 2. The van der Waals surface area contributed by atoms with Crippen molar-refractivity contribution in [2.45, 2.75) is 19.9 Å². The van der Waals surface area contributed by atoms with Gasteiger partial charge in [-0.2, -0.15) is 0 Å². The number of nitrogens with one attached hydrogen (secondary N) is 1. The van der Waals surface area contributed by atoms with E-state index in [1.807, 2.05) is 13.8 Å². The van der Waals surface area contributed by atoms with Gasteiger partial charge in [-0.1, -0.05) is 37.6 Å². The zero-order valence-corrected chi connectivity index (χ0v) is 12.6. The van der Waals surface area contributed by atoms with Crippen molar-refractivity contribution in [1.29, 1.82) is 0 Å². The van der Waals surface area contributed by atoms with Crippen molar-refractivity contribution in [1.82, 2.24) is 10.3 Å². The lowest BCUT2D eigenvalue weighted by Crippen LogP contribution is -2.32. The highest BCUT2D eigenvalue weighted by molar-refractivity contribution is 6.30. The summed E-state index contributed by atoms with van der Waals surface area (Å²) in [6.07, 6.45) is 1.49. The molecule has 0 aliphatic rings. The number of hydrogen-bond acceptors (Lipinski definition) is 2. The Labute approximate surface area is 128 Å². The molecule has 0 aliphatic carbocycles. The van der Waals surface area contributed by atoms with E-state index in [0.29, 0.717) is 5.02 Å². The summed E-state index contributed by atoms with van der Waals surface area (Å²) in [5.74, 6) is -0.455. The van der Waals surface area contributed by atoms with Crippen LogP contribution in [-0.2, 0) is 0 Å². The topological polar surface area (TPSA) is 42.0 Å². The van der Waals surface area contributed by atoms with Gasteiger partial charge in [-0.25, -0.2) is 4.39 Å². The zero-order chi connectivity index (χ0) is 15.4. The summed E-state index contributed by atoms with van der Waals surface area (Å²) in [5, 5.41) is 3.37. The second-order valence-corrected chi connectivity index (χ2v) is 5.54. The van der Waals surface area contributed by atoms with Crippen molar-refractivity contribution in [3.8, 4) is 0 Å². The fraction of sp³-hybridized carbons (Fsp3) is 0.250. The Morgan fingerprint density at radius 1 is 1.24 bits per heavy atom. The summed E-state index contributed by atoms with van der Waals surface area (Å²) in [6.45, 7) is 3.97. The van der Waals surface area contributed by atoms with Crippen LogP contribution in [0.1, 0.15) is 35.9 Å². The van der Waals surface area contributed by atoms with E-state index in [1.165, 1.54) is 24.4 Å². The standard InChI is InChI=1S/C16H16ClFN2O/c1-10(2)15(11-3-5-13(18)6-4-11)20-16(21)14-9-12(17)7-8-19-14/h3-10,15H,1-2H3,(H,20,21)/t15-/m1/s1. The van der Waals surface area contributed by atoms with Crippen LogP contribution in [0.4, 0.5) is 4.39 Å². The predicted molar refractivity (Wildman–Crippen MR) is 80.7 cm³/mol. The minimum atomic E-state index is -0.305. The molecule has 2 rings (SSSR count). The maximum atomic E-state index is 13.0. The van der Waals surface area contributed by atoms with Crippen LogP contribution in [0.15, 0.2) is 42.6 Å². The molecule has 0 fully saturated rings. The van der Waals surface area contributed by atoms with Crippen LogP contribution < -0.4 is 5.32 Å². The predicted octanol–water partition coefficient (Wildman–Crippen LogP) is 4.00. The van der Waals surface area contributed by atoms with E-state index in [-0.39, 0.29) is 29.4 Å². The lowest BCUT2D eigenvalue weighted by molar-refractivity contribution is 0.0920. The summed E-state index contributed by atoms with van der Waals surface area (Å²) < 4.78 is 13.0. The highest BCUT2D eigenvalue weighted by Crippen LogP contribution is 2.22. The van der Waals surface area contributed by atoms with Crippen LogP contribution in [0.2, 0.25) is 5.02 Å². The molecule has 1 aromatic heterocycles. The van der Waals surface area contributed by atoms with Crippen LogP contribution in [-0.4, -0.2) is 10.9 Å². The van der Waals surface area contributed by atoms with Crippen molar-refractivity contribution in [3.63, 3.8) is 0 Å². The monoisotopic (exact) mass is 306 g/mol. The molecule has 3 nitrogen and oxygen atoms in total. The van der Waals surface area contributed by atoms with Gasteiger partial charge in [-0.3, -0.25) is 9.78 Å². The number of hydrogen-bond donors (Lipinski definition) is 1. The number of amides is 1. The average molecular weight is 307 g/mol. The third-order valence-electron chi connectivity index (χ3n) is 3.14. The second-order valence-electron chi connectivity index (χ2n) is 5.11. The smallest absolute Gasteiger partial charge is 0.270 e. The van der Waals surface area contributed by atoms with E-state index in [2.05, 4.69) is 10.3 Å². The van der Waals surface area contributed by atoms with E-state index < -0.39 is 0 Å². The summed E-state index contributed by atoms with van der Waals surface area (Å²) >= 11 is 5.86. The molecular weight excluding hydrogens is 291 g/mol. The van der Waals surface area contributed by atoms with Crippen molar-refractivity contribution >= 4 is 17.5 Å². The van der Waals surface area contributed by atoms with Gasteiger partial charge in [0.25, 0.3) is 5.91 Å². The Morgan fingerprint density at radius 3 is 2.48 bits per heavy atom. The Hall–Kier alpha value is -1.94. The van der Waals surface area contributed by atoms with Gasteiger partial charge in [-0.05, 0) is 35.7 Å². The lowest BCUT2D eigenvalue weighted by atomic mass is 9.96. The molecule has 0 saturated carbocycles. The van der Waals surface area contributed by atoms with E-state index >= 15 is 0 Å². The van der Waals surface area contributed by atoms with E-state index in [4.69, 9.17) is 11.6 Å². The molecule has 21 heavy (non-hydrogen) atoms. The molecule has 0 unspecified atom stereocenters. The highest BCUT2D eigenvalue weighted by Gasteiger charge is 2.20. The SMILES string of the molecule is CC(C)[C@@H](NC(=O)c1cc(Cl)ccn1)c1ccc(F)cc1. The first-order valence-electron chi connectivity index (χ1n) is 6.65. The number of carbonyl (C=O) groups excluding carboxylic acids is 1. The normalized spacial score (nSPS) is 12.2. The van der Waals surface area contributed by atoms with Gasteiger partial charge in [-0.15, -0.1) is 0 Å². The van der Waals surface area contributed by atoms with Crippen LogP contribution in [0.25, 0.3) is 0 Å². The zero-order valence-electron chi connectivity index (χ0n) is 11.8. The largest absolute Gasteiger partial charge is 0.344 e. The molecule has 1 atom stereocenters. The number of rotatable bonds is 4. The maximum Gasteiger partial charge on any atom is 0.270 e. The number of nitrogens with zero attached hydrogens (tertiary/aromatic N) is 1. The molecule has 1 heterocycles. The molecule has 0 aliphatic heterocycles. The van der Waals surface area contributed by atoms with Crippen molar-refractivity contribution in [2.24, 2.45) is 5.92 Å². The van der Waals surface area contributed by atoms with Crippen LogP contribution in [0, 0.1) is 11.7 Å². The van der Waals surface area contributed by atoms with Crippen LogP contribution >= 0.6 is 11.6 Å². The summed E-state index contributed by atoms with van der Waals surface area (Å²) in [6, 6.07) is 9.01. The number of aromatic nitrogens is 1. The minimum Gasteiger partial charge on any atom is -0.344 e. The molecule has 0 saturated heterocycles. The van der Waals surface area contributed by atoms with Gasteiger partial charge in [0.2, 0.25) is 0 Å². The Balaban J connectivity index is 2.20. The molecule has 1 N–H and O–H groups in total. The quantitative estimate of drug-likeness (QED) is 0.927. The lowest BCUT2D eigenvalue weighted by Gasteiger charge is -2.22. The van der Waals surface area contributed by atoms with Crippen molar-refractivity contribution < 1.29 is 9.18 Å². The first kappa shape index (κ1) is 15.4. The third-order valence-corrected chi connectivity index (χ3v) is 3.37. The molecular formula is C16H16ClFN2O. The van der Waals surface area contributed by atoms with Crippen LogP contribution in [0.3, 0.4) is 0 Å². The molecule has 0 bridgehead atoms. The van der Waals surface area contributed by atoms with E-state index in [9.17, 15) is 9.18 Å². The number of pyridine rings is 1. The van der Waals surface area contributed by atoms with E-state index in [0.717, 1.165) is 5.56 Å². The Morgan fingerprint density at radius 2 is 1.90 bits per heavy atom. The number of benzene rings is 1. The fourth-order valence-electron chi connectivity index (χ4n) is 2.05. The first-order valence-corrected chi connectivity index (χ1v) is 7.03. The van der Waals surface area contributed by atoms with Crippen molar-refractivity contribution in [3.05, 3.63) is 64.7 Å². The average Bonchev–Trinajstić information content (AvgIpc) is 2.45. The molecule has 5 heteroatoms. The van der Waals surface area contributed by atoms with Crippen molar-refractivity contribution in [2.75, 3.05) is 0 Å². The molecule has 0 radical (unpaired) electrons. The first-order chi connectivity index (χ1) is 9.97.